The van der Waals surface area contributed by atoms with E-state index in [9.17, 15) is 13.2 Å². The number of pyridine rings is 1. The standard InChI is InChI=1S/C13H17N3O5S/c1-8-7-20-4-3-16(8)11-5-9-10(6-14-12(9)17)13(15-11)21-22(2,18)19/h5,8H,3-4,6-7H2,1-2H3,(H,14,17)/t8-/m1/s1. The molecule has 1 aromatic heterocycles. The van der Waals surface area contributed by atoms with E-state index in [0.29, 0.717) is 36.7 Å². The Morgan fingerprint density at radius 2 is 2.27 bits per heavy atom. The molecule has 0 aliphatic carbocycles. The van der Waals surface area contributed by atoms with E-state index in [1.807, 2.05) is 11.8 Å². The molecular weight excluding hydrogens is 310 g/mol. The van der Waals surface area contributed by atoms with Crippen molar-refractivity contribution in [3.8, 4) is 5.88 Å². The monoisotopic (exact) mass is 327 g/mol. The number of nitrogens with one attached hydrogen (secondary N) is 1. The smallest absolute Gasteiger partial charge is 0.307 e. The molecule has 3 heterocycles. The highest BCUT2D eigenvalue weighted by atomic mass is 32.2. The molecule has 1 amide bonds. The number of morpholine rings is 1. The number of amides is 1. The molecule has 1 saturated heterocycles. The van der Waals surface area contributed by atoms with Gasteiger partial charge in [0.15, 0.2) is 0 Å². The number of hydrogen-bond acceptors (Lipinski definition) is 7. The summed E-state index contributed by atoms with van der Waals surface area (Å²) in [5.41, 5.74) is 0.877. The van der Waals surface area contributed by atoms with Crippen molar-refractivity contribution in [3.05, 3.63) is 17.2 Å². The van der Waals surface area contributed by atoms with E-state index >= 15 is 0 Å². The summed E-state index contributed by atoms with van der Waals surface area (Å²) >= 11 is 0. The third kappa shape index (κ3) is 2.86. The molecule has 1 N–H and O–H groups in total. The summed E-state index contributed by atoms with van der Waals surface area (Å²) in [5.74, 6) is 0.232. The van der Waals surface area contributed by atoms with Gasteiger partial charge in [-0.1, -0.05) is 0 Å². The predicted molar refractivity (Wildman–Crippen MR) is 78.5 cm³/mol. The molecule has 0 unspecified atom stereocenters. The predicted octanol–water partition coefficient (Wildman–Crippen LogP) is -0.111. The normalized spacial score (nSPS) is 21.5. The Kier molecular flexibility index (Phi) is 3.69. The number of hydrogen-bond donors (Lipinski definition) is 1. The molecule has 0 radical (unpaired) electrons. The minimum atomic E-state index is -3.72. The van der Waals surface area contributed by atoms with Gasteiger partial charge in [0.2, 0.25) is 5.88 Å². The topological polar surface area (TPSA) is 97.8 Å². The van der Waals surface area contributed by atoms with Crippen molar-refractivity contribution in [2.24, 2.45) is 0 Å². The largest absolute Gasteiger partial charge is 0.377 e. The number of carbonyl (C=O) groups excluding carboxylic acids is 1. The van der Waals surface area contributed by atoms with Crippen LogP contribution in [-0.2, 0) is 21.4 Å². The molecule has 0 aromatic carbocycles. The lowest BCUT2D eigenvalue weighted by Gasteiger charge is -2.34. The number of anilines is 1. The summed E-state index contributed by atoms with van der Waals surface area (Å²) in [6, 6.07) is 1.75. The highest BCUT2D eigenvalue weighted by Crippen LogP contribution is 2.31. The summed E-state index contributed by atoms with van der Waals surface area (Å²) in [7, 11) is -3.72. The van der Waals surface area contributed by atoms with E-state index in [-0.39, 0.29) is 24.4 Å². The van der Waals surface area contributed by atoms with Gasteiger partial charge in [-0.3, -0.25) is 4.79 Å². The third-order valence-electron chi connectivity index (χ3n) is 3.64. The molecular formula is C13H17N3O5S. The summed E-state index contributed by atoms with van der Waals surface area (Å²) < 4.78 is 33.2. The molecule has 2 aliphatic rings. The fraction of sp³-hybridized carbons (Fsp3) is 0.538. The van der Waals surface area contributed by atoms with Crippen molar-refractivity contribution in [1.82, 2.24) is 10.3 Å². The average Bonchev–Trinajstić information content (AvgIpc) is 2.80. The maximum atomic E-state index is 11.9. The third-order valence-corrected chi connectivity index (χ3v) is 4.10. The van der Waals surface area contributed by atoms with Gasteiger partial charge < -0.3 is 19.1 Å². The number of aromatic nitrogens is 1. The number of carbonyl (C=O) groups is 1. The molecule has 0 bridgehead atoms. The number of ether oxygens (including phenoxy) is 1. The first-order valence-corrected chi connectivity index (χ1v) is 8.73. The summed E-state index contributed by atoms with van der Waals surface area (Å²) in [4.78, 5) is 18.2. The lowest BCUT2D eigenvalue weighted by Crippen LogP contribution is -2.44. The molecule has 2 aliphatic heterocycles. The van der Waals surface area contributed by atoms with Gasteiger partial charge in [0, 0.05) is 18.7 Å². The lowest BCUT2D eigenvalue weighted by molar-refractivity contribution is 0.0964. The molecule has 1 atom stereocenters. The fourth-order valence-electron chi connectivity index (χ4n) is 2.60. The van der Waals surface area contributed by atoms with E-state index in [0.717, 1.165) is 6.26 Å². The zero-order valence-corrected chi connectivity index (χ0v) is 13.1. The van der Waals surface area contributed by atoms with Crippen LogP contribution in [0.5, 0.6) is 5.88 Å². The molecule has 3 rings (SSSR count). The van der Waals surface area contributed by atoms with Crippen molar-refractivity contribution in [2.45, 2.75) is 19.5 Å². The summed E-state index contributed by atoms with van der Waals surface area (Å²) in [6.07, 6.45) is 0.954. The van der Waals surface area contributed by atoms with Crippen molar-refractivity contribution in [1.29, 1.82) is 0 Å². The number of nitrogens with zero attached hydrogens (tertiary/aromatic N) is 2. The Morgan fingerprint density at radius 1 is 1.50 bits per heavy atom. The van der Waals surface area contributed by atoms with Gasteiger partial charge in [-0.15, -0.1) is 0 Å². The van der Waals surface area contributed by atoms with Crippen molar-refractivity contribution in [3.63, 3.8) is 0 Å². The molecule has 1 fully saturated rings. The van der Waals surface area contributed by atoms with E-state index < -0.39 is 10.1 Å². The fourth-order valence-corrected chi connectivity index (χ4v) is 3.02. The second-order valence-electron chi connectivity index (χ2n) is 5.40. The van der Waals surface area contributed by atoms with Crippen LogP contribution in [0.15, 0.2) is 6.07 Å². The van der Waals surface area contributed by atoms with Crippen LogP contribution in [0.2, 0.25) is 0 Å². The first kappa shape index (κ1) is 15.0. The van der Waals surface area contributed by atoms with Crippen LogP contribution in [0, 0.1) is 0 Å². The van der Waals surface area contributed by atoms with Crippen molar-refractivity contribution < 1.29 is 22.1 Å². The Hall–Kier alpha value is -1.87. The maximum Gasteiger partial charge on any atom is 0.307 e. The summed E-state index contributed by atoms with van der Waals surface area (Å²) in [6.45, 7) is 3.91. The Morgan fingerprint density at radius 3 is 2.95 bits per heavy atom. The molecule has 0 spiro atoms. The number of rotatable bonds is 3. The van der Waals surface area contributed by atoms with Gasteiger partial charge in [0.05, 0.1) is 31.1 Å². The first-order valence-electron chi connectivity index (χ1n) is 6.91. The van der Waals surface area contributed by atoms with E-state index in [4.69, 9.17) is 8.92 Å². The quantitative estimate of drug-likeness (QED) is 0.773. The van der Waals surface area contributed by atoms with Gasteiger partial charge in [-0.25, -0.2) is 0 Å². The van der Waals surface area contributed by atoms with E-state index in [2.05, 4.69) is 10.3 Å². The lowest BCUT2D eigenvalue weighted by atomic mass is 10.1. The van der Waals surface area contributed by atoms with Crippen LogP contribution in [0.3, 0.4) is 0 Å². The molecule has 120 valence electrons. The highest BCUT2D eigenvalue weighted by molar-refractivity contribution is 7.86. The highest BCUT2D eigenvalue weighted by Gasteiger charge is 2.29. The first-order chi connectivity index (χ1) is 10.3. The van der Waals surface area contributed by atoms with Gasteiger partial charge in [0.25, 0.3) is 5.91 Å². The number of fused-ring (bicyclic) bond motifs is 1. The van der Waals surface area contributed by atoms with Crippen molar-refractivity contribution in [2.75, 3.05) is 30.9 Å². The van der Waals surface area contributed by atoms with Gasteiger partial charge in [-0.2, -0.15) is 13.4 Å². The summed E-state index contributed by atoms with van der Waals surface area (Å²) in [5, 5.41) is 2.66. The minimum absolute atomic E-state index is 0.0351. The van der Waals surface area contributed by atoms with Crippen LogP contribution in [-0.4, -0.2) is 51.4 Å². The van der Waals surface area contributed by atoms with E-state index in [1.165, 1.54) is 0 Å². The molecule has 0 saturated carbocycles. The Balaban J connectivity index is 2.06. The average molecular weight is 327 g/mol. The second kappa shape index (κ2) is 5.40. The van der Waals surface area contributed by atoms with Crippen LogP contribution in [0.25, 0.3) is 0 Å². The van der Waals surface area contributed by atoms with Crippen LogP contribution < -0.4 is 14.4 Å². The van der Waals surface area contributed by atoms with Crippen LogP contribution >= 0.6 is 0 Å². The van der Waals surface area contributed by atoms with Crippen molar-refractivity contribution >= 4 is 21.8 Å². The van der Waals surface area contributed by atoms with Crippen LogP contribution in [0.1, 0.15) is 22.8 Å². The SMILES string of the molecule is C[C@@H]1COCCN1c1cc2c(c(OS(C)(=O)=O)n1)CNC2=O. The van der Waals surface area contributed by atoms with E-state index in [1.54, 1.807) is 6.07 Å². The van der Waals surface area contributed by atoms with Gasteiger partial charge in [-0.05, 0) is 13.0 Å². The van der Waals surface area contributed by atoms with Gasteiger partial charge >= 0.3 is 10.1 Å². The molecule has 1 aromatic rings. The molecule has 8 nitrogen and oxygen atoms in total. The zero-order chi connectivity index (χ0) is 15.9. The Bertz CT molecular complexity index is 719. The zero-order valence-electron chi connectivity index (χ0n) is 12.3. The Labute approximate surface area is 128 Å². The molecule has 22 heavy (non-hydrogen) atoms. The minimum Gasteiger partial charge on any atom is -0.377 e. The van der Waals surface area contributed by atoms with Gasteiger partial charge in [0.1, 0.15) is 5.82 Å². The van der Waals surface area contributed by atoms with Crippen LogP contribution in [0.4, 0.5) is 5.82 Å². The second-order valence-corrected chi connectivity index (χ2v) is 6.97. The maximum absolute atomic E-state index is 11.9. The molecule has 9 heteroatoms.